The molecule has 108 valence electrons. The number of phenols is 1. The number of carbonyl (C=O) groups is 2. The molecule has 1 aliphatic rings. The summed E-state index contributed by atoms with van der Waals surface area (Å²) in [5.41, 5.74) is 0.0772. The van der Waals surface area contributed by atoms with Crippen molar-refractivity contribution in [2.45, 2.75) is 0 Å². The van der Waals surface area contributed by atoms with Crippen molar-refractivity contribution in [1.82, 2.24) is 9.80 Å². The minimum atomic E-state index is -1.24. The van der Waals surface area contributed by atoms with Gasteiger partial charge in [-0.25, -0.2) is 4.79 Å². The lowest BCUT2D eigenvalue weighted by Gasteiger charge is -2.31. The molecule has 0 spiro atoms. The van der Waals surface area contributed by atoms with Gasteiger partial charge in [-0.15, -0.1) is 0 Å². The highest BCUT2D eigenvalue weighted by molar-refractivity contribution is 6.01. The van der Waals surface area contributed by atoms with E-state index in [9.17, 15) is 14.7 Å². The van der Waals surface area contributed by atoms with Gasteiger partial charge >= 0.3 is 5.97 Å². The molecular weight excluding hydrogens is 260 g/mol. The molecule has 6 nitrogen and oxygen atoms in total. The fraction of sp³-hybridized carbons (Fsp3) is 0.429. The number of carbonyl (C=O) groups excluding carboxylic acids is 1. The number of carboxylic acids is 1. The number of rotatable bonds is 4. The summed E-state index contributed by atoms with van der Waals surface area (Å²) >= 11 is 0. The summed E-state index contributed by atoms with van der Waals surface area (Å²) in [5.74, 6) is -1.69. The Balaban J connectivity index is 2.06. The molecule has 20 heavy (non-hydrogen) atoms. The molecule has 1 aromatic carbocycles. The van der Waals surface area contributed by atoms with Crippen LogP contribution in [0.3, 0.4) is 0 Å². The third-order valence-corrected chi connectivity index (χ3v) is 3.51. The molecule has 1 fully saturated rings. The van der Waals surface area contributed by atoms with Crippen molar-refractivity contribution >= 4 is 11.8 Å². The van der Waals surface area contributed by atoms with E-state index in [2.05, 4.69) is 9.80 Å². The molecule has 2 N–H and O–H groups in total. The molecule has 0 aromatic heterocycles. The van der Waals surface area contributed by atoms with Crippen LogP contribution in [0.25, 0.3) is 0 Å². The van der Waals surface area contributed by atoms with Gasteiger partial charge in [-0.2, -0.15) is 0 Å². The average molecular weight is 278 g/mol. The van der Waals surface area contributed by atoms with Crippen LogP contribution >= 0.6 is 0 Å². The summed E-state index contributed by atoms with van der Waals surface area (Å²) in [6, 6.07) is 3.94. The van der Waals surface area contributed by atoms with Gasteiger partial charge in [-0.3, -0.25) is 9.69 Å². The van der Waals surface area contributed by atoms with Crippen molar-refractivity contribution in [3.8, 4) is 5.75 Å². The highest BCUT2D eigenvalue weighted by Crippen LogP contribution is 2.19. The van der Waals surface area contributed by atoms with E-state index in [1.165, 1.54) is 18.2 Å². The number of piperazine rings is 1. The lowest BCUT2D eigenvalue weighted by atomic mass is 10.1. The monoisotopic (exact) mass is 278 g/mol. The van der Waals surface area contributed by atoms with Gasteiger partial charge in [0.1, 0.15) is 11.3 Å². The van der Waals surface area contributed by atoms with Crippen LogP contribution in [0.2, 0.25) is 0 Å². The van der Waals surface area contributed by atoms with Crippen LogP contribution < -0.4 is 0 Å². The Labute approximate surface area is 117 Å². The highest BCUT2D eigenvalue weighted by Gasteiger charge is 2.19. The first-order valence-corrected chi connectivity index (χ1v) is 6.48. The molecule has 1 heterocycles. The second kappa shape index (κ2) is 6.02. The third-order valence-electron chi connectivity index (χ3n) is 3.51. The quantitative estimate of drug-likeness (QED) is 0.782. The Bertz CT molecular complexity index is 522. The van der Waals surface area contributed by atoms with Crippen LogP contribution in [0, 0.1) is 0 Å². The fourth-order valence-corrected chi connectivity index (χ4v) is 2.18. The number of Topliss-reactive ketones (excluding diaryl/α,β-unsaturated/α-hetero) is 1. The second-order valence-corrected chi connectivity index (χ2v) is 5.04. The first-order chi connectivity index (χ1) is 9.47. The maximum absolute atomic E-state index is 12.2. The summed E-state index contributed by atoms with van der Waals surface area (Å²) in [4.78, 5) is 27.3. The van der Waals surface area contributed by atoms with Crippen LogP contribution in [0.1, 0.15) is 20.7 Å². The Morgan fingerprint density at radius 2 is 1.85 bits per heavy atom. The van der Waals surface area contributed by atoms with E-state index in [0.29, 0.717) is 5.56 Å². The number of benzene rings is 1. The molecule has 0 amide bonds. The first kappa shape index (κ1) is 14.5. The number of aromatic carboxylic acids is 1. The zero-order valence-electron chi connectivity index (χ0n) is 11.4. The van der Waals surface area contributed by atoms with Gasteiger partial charge in [0.15, 0.2) is 5.78 Å². The predicted octanol–water partition coefficient (Wildman–Crippen LogP) is 0.520. The van der Waals surface area contributed by atoms with Gasteiger partial charge in [0.25, 0.3) is 0 Å². The molecule has 0 aliphatic carbocycles. The zero-order chi connectivity index (χ0) is 14.7. The van der Waals surface area contributed by atoms with Crippen LogP contribution in [0.15, 0.2) is 18.2 Å². The second-order valence-electron chi connectivity index (χ2n) is 5.04. The van der Waals surface area contributed by atoms with E-state index >= 15 is 0 Å². The molecule has 0 saturated carbocycles. The van der Waals surface area contributed by atoms with Crippen molar-refractivity contribution in [2.75, 3.05) is 39.8 Å². The van der Waals surface area contributed by atoms with Crippen molar-refractivity contribution in [3.05, 3.63) is 29.3 Å². The van der Waals surface area contributed by atoms with Crippen LogP contribution in [0.4, 0.5) is 0 Å². The summed E-state index contributed by atoms with van der Waals surface area (Å²) in [6.45, 7) is 3.77. The molecule has 2 rings (SSSR count). The van der Waals surface area contributed by atoms with E-state index < -0.39 is 5.97 Å². The van der Waals surface area contributed by atoms with E-state index in [1.807, 2.05) is 7.05 Å². The number of nitrogens with zero attached hydrogens (tertiary/aromatic N) is 2. The van der Waals surface area contributed by atoms with Crippen molar-refractivity contribution in [3.63, 3.8) is 0 Å². The molecular formula is C14H18N2O4. The average Bonchev–Trinajstić information content (AvgIpc) is 2.41. The number of ketones is 1. The molecule has 0 unspecified atom stereocenters. The van der Waals surface area contributed by atoms with Gasteiger partial charge in [-0.1, -0.05) is 0 Å². The predicted molar refractivity (Wildman–Crippen MR) is 73.3 cm³/mol. The van der Waals surface area contributed by atoms with Crippen LogP contribution in [-0.2, 0) is 0 Å². The minimum absolute atomic E-state index is 0.128. The Kier molecular flexibility index (Phi) is 4.36. The molecule has 6 heteroatoms. The van der Waals surface area contributed by atoms with Gasteiger partial charge in [0, 0.05) is 31.7 Å². The van der Waals surface area contributed by atoms with E-state index in [4.69, 9.17) is 5.11 Å². The minimum Gasteiger partial charge on any atom is -0.507 e. The Hall–Kier alpha value is -1.92. The maximum Gasteiger partial charge on any atom is 0.339 e. The Morgan fingerprint density at radius 1 is 1.20 bits per heavy atom. The fourth-order valence-electron chi connectivity index (χ4n) is 2.18. The molecule has 1 saturated heterocycles. The van der Waals surface area contributed by atoms with Crippen molar-refractivity contribution in [2.24, 2.45) is 0 Å². The topological polar surface area (TPSA) is 81.1 Å². The maximum atomic E-state index is 12.2. The standard InChI is InChI=1S/C14H18N2O4/c1-15-4-6-16(7-5-15)9-13(18)10-2-3-12(17)11(8-10)14(19)20/h2-3,8,17H,4-7,9H2,1H3,(H,19,20). The lowest BCUT2D eigenvalue weighted by molar-refractivity contribution is 0.0693. The summed E-state index contributed by atoms with van der Waals surface area (Å²) in [5, 5.41) is 18.4. The molecule has 0 atom stereocenters. The number of hydrogen-bond donors (Lipinski definition) is 2. The number of likely N-dealkylation sites (N-methyl/N-ethyl adjacent to an activating group) is 1. The Morgan fingerprint density at radius 3 is 2.45 bits per heavy atom. The largest absolute Gasteiger partial charge is 0.507 e. The highest BCUT2D eigenvalue weighted by atomic mass is 16.4. The summed E-state index contributed by atoms with van der Waals surface area (Å²) in [7, 11) is 2.04. The normalized spacial score (nSPS) is 17.1. The van der Waals surface area contributed by atoms with E-state index in [-0.39, 0.29) is 23.6 Å². The van der Waals surface area contributed by atoms with Gasteiger partial charge in [-0.05, 0) is 25.2 Å². The molecule has 0 bridgehead atoms. The van der Waals surface area contributed by atoms with E-state index in [0.717, 1.165) is 26.2 Å². The summed E-state index contributed by atoms with van der Waals surface area (Å²) < 4.78 is 0. The van der Waals surface area contributed by atoms with Gasteiger partial charge in [0.2, 0.25) is 0 Å². The van der Waals surface area contributed by atoms with E-state index in [1.54, 1.807) is 0 Å². The number of hydrogen-bond acceptors (Lipinski definition) is 5. The molecule has 1 aliphatic heterocycles. The van der Waals surface area contributed by atoms with Crippen molar-refractivity contribution < 1.29 is 19.8 Å². The molecule has 1 aromatic rings. The third kappa shape index (κ3) is 3.34. The SMILES string of the molecule is CN1CCN(CC(=O)c2ccc(O)c(C(=O)O)c2)CC1. The van der Waals surface area contributed by atoms with Crippen LogP contribution in [-0.4, -0.2) is 71.5 Å². The number of carboxylic acid groups (broad SMARTS) is 1. The van der Waals surface area contributed by atoms with Crippen LogP contribution in [0.5, 0.6) is 5.75 Å². The van der Waals surface area contributed by atoms with Crippen molar-refractivity contribution in [1.29, 1.82) is 0 Å². The molecule has 0 radical (unpaired) electrons. The zero-order valence-corrected chi connectivity index (χ0v) is 11.4. The first-order valence-electron chi connectivity index (χ1n) is 6.48. The van der Waals surface area contributed by atoms with Gasteiger partial charge < -0.3 is 15.1 Å². The van der Waals surface area contributed by atoms with Gasteiger partial charge in [0.05, 0.1) is 6.54 Å². The smallest absolute Gasteiger partial charge is 0.339 e. The summed E-state index contributed by atoms with van der Waals surface area (Å²) in [6.07, 6.45) is 0. The number of aromatic hydroxyl groups is 1. The lowest BCUT2D eigenvalue weighted by Crippen LogP contribution is -2.46.